The Morgan fingerprint density at radius 3 is 2.68 bits per heavy atom. The zero-order chi connectivity index (χ0) is 13.8. The second-order valence-corrected chi connectivity index (χ2v) is 5.24. The van der Waals surface area contributed by atoms with Crippen LogP contribution < -0.4 is 5.73 Å². The highest BCUT2D eigenvalue weighted by Gasteiger charge is 2.20. The molecule has 2 heterocycles. The van der Waals surface area contributed by atoms with E-state index in [0.717, 1.165) is 25.1 Å². The number of anilines is 1. The Morgan fingerprint density at radius 1 is 1.37 bits per heavy atom. The number of nitrogen functional groups attached to an aromatic ring is 1. The van der Waals surface area contributed by atoms with Gasteiger partial charge < -0.3 is 10.7 Å². The molecule has 0 aromatic carbocycles. The Balaban J connectivity index is 1.98. The molecule has 2 aromatic rings. The zero-order valence-electron chi connectivity index (χ0n) is 11.9. The second-order valence-electron chi connectivity index (χ2n) is 5.24. The Bertz CT molecular complexity index is 513. The van der Waals surface area contributed by atoms with Crippen LogP contribution in [0.25, 0.3) is 0 Å². The van der Waals surface area contributed by atoms with E-state index in [4.69, 9.17) is 5.73 Å². The number of H-pyrrole nitrogens is 2. The van der Waals surface area contributed by atoms with Gasteiger partial charge in [-0.05, 0) is 36.8 Å². The highest BCUT2D eigenvalue weighted by molar-refractivity contribution is 5.21. The topological polar surface area (TPSA) is 83.4 Å². The minimum atomic E-state index is 0.332. The summed E-state index contributed by atoms with van der Waals surface area (Å²) >= 11 is 0. The van der Waals surface area contributed by atoms with Crippen LogP contribution in [0.5, 0.6) is 0 Å². The first-order valence-electron chi connectivity index (χ1n) is 6.91. The number of nitrogens with two attached hydrogens (primary N) is 1. The van der Waals surface area contributed by atoms with Gasteiger partial charge in [0.1, 0.15) is 5.82 Å². The molecule has 0 bridgehead atoms. The summed E-state index contributed by atoms with van der Waals surface area (Å²) in [5.74, 6) is 2.17. The fourth-order valence-corrected chi connectivity index (χ4v) is 2.61. The molecular weight excluding hydrogens is 238 g/mol. The number of rotatable bonds is 6. The van der Waals surface area contributed by atoms with Crippen molar-refractivity contribution in [3.05, 3.63) is 29.3 Å². The first kappa shape index (κ1) is 13.6. The second kappa shape index (κ2) is 5.91. The van der Waals surface area contributed by atoms with Crippen molar-refractivity contribution in [3.8, 4) is 0 Å². The van der Waals surface area contributed by atoms with Gasteiger partial charge in [-0.1, -0.05) is 20.3 Å². The lowest BCUT2D eigenvalue weighted by molar-refractivity contribution is 0.390. The molecule has 2 rings (SSSR count). The van der Waals surface area contributed by atoms with Gasteiger partial charge in [-0.3, -0.25) is 5.10 Å². The smallest absolute Gasteiger partial charge is 0.239 e. The van der Waals surface area contributed by atoms with Gasteiger partial charge >= 0.3 is 0 Å². The van der Waals surface area contributed by atoms with Crippen molar-refractivity contribution < 1.29 is 0 Å². The molecule has 5 nitrogen and oxygen atoms in total. The van der Waals surface area contributed by atoms with E-state index < -0.39 is 0 Å². The van der Waals surface area contributed by atoms with E-state index in [-0.39, 0.29) is 0 Å². The van der Waals surface area contributed by atoms with Crippen molar-refractivity contribution in [2.75, 3.05) is 5.73 Å². The standard InChI is InChI=1S/C14H23N5/c1-4-11(5-6-12-8-16-7-9(12)2)10(3)13-17-14(15)19-18-13/h7-8,10-11,16H,4-6H2,1-3H3,(H3,15,17,18,19). The lowest BCUT2D eigenvalue weighted by atomic mass is 9.86. The Hall–Kier alpha value is -1.78. The van der Waals surface area contributed by atoms with Gasteiger partial charge in [0.2, 0.25) is 5.95 Å². The number of nitrogens with zero attached hydrogens (tertiary/aromatic N) is 2. The Kier molecular flexibility index (Phi) is 4.24. The SMILES string of the molecule is CCC(CCc1c[nH]cc1C)C(C)c1nc(N)n[nH]1. The molecule has 0 radical (unpaired) electrons. The van der Waals surface area contributed by atoms with Crippen LogP contribution in [0.15, 0.2) is 12.4 Å². The largest absolute Gasteiger partial charge is 0.367 e. The zero-order valence-corrected chi connectivity index (χ0v) is 11.9. The van der Waals surface area contributed by atoms with Crippen LogP contribution in [0.3, 0.4) is 0 Å². The Labute approximate surface area is 114 Å². The van der Waals surface area contributed by atoms with Crippen molar-refractivity contribution in [2.45, 2.75) is 46.0 Å². The van der Waals surface area contributed by atoms with Crippen LogP contribution in [0, 0.1) is 12.8 Å². The van der Waals surface area contributed by atoms with E-state index in [1.54, 1.807) is 0 Å². The summed E-state index contributed by atoms with van der Waals surface area (Å²) < 4.78 is 0. The monoisotopic (exact) mass is 261 g/mol. The number of hydrogen-bond acceptors (Lipinski definition) is 3. The first-order valence-corrected chi connectivity index (χ1v) is 6.91. The molecule has 19 heavy (non-hydrogen) atoms. The molecule has 2 atom stereocenters. The van der Waals surface area contributed by atoms with Crippen LogP contribution >= 0.6 is 0 Å². The van der Waals surface area contributed by atoms with Crippen molar-refractivity contribution in [3.63, 3.8) is 0 Å². The minimum absolute atomic E-state index is 0.332. The summed E-state index contributed by atoms with van der Waals surface area (Å²) in [7, 11) is 0. The molecule has 2 unspecified atom stereocenters. The highest BCUT2D eigenvalue weighted by Crippen LogP contribution is 2.29. The fourth-order valence-electron chi connectivity index (χ4n) is 2.61. The Morgan fingerprint density at radius 2 is 2.16 bits per heavy atom. The van der Waals surface area contributed by atoms with E-state index in [0.29, 0.717) is 17.8 Å². The molecule has 0 aliphatic heterocycles. The van der Waals surface area contributed by atoms with Crippen molar-refractivity contribution >= 4 is 5.95 Å². The number of aryl methyl sites for hydroxylation is 2. The third-order valence-corrected chi connectivity index (χ3v) is 4.03. The molecular formula is C14H23N5. The van der Waals surface area contributed by atoms with Gasteiger partial charge in [-0.15, -0.1) is 5.10 Å². The van der Waals surface area contributed by atoms with E-state index in [1.807, 2.05) is 0 Å². The van der Waals surface area contributed by atoms with Gasteiger partial charge in [-0.25, -0.2) is 0 Å². The summed E-state index contributed by atoms with van der Waals surface area (Å²) in [6.45, 7) is 6.57. The lowest BCUT2D eigenvalue weighted by Gasteiger charge is -2.20. The summed E-state index contributed by atoms with van der Waals surface area (Å²) in [4.78, 5) is 7.41. The molecule has 5 heteroatoms. The van der Waals surface area contributed by atoms with Gasteiger partial charge in [0.25, 0.3) is 0 Å². The lowest BCUT2D eigenvalue weighted by Crippen LogP contribution is -2.12. The van der Waals surface area contributed by atoms with Gasteiger partial charge in [0.15, 0.2) is 0 Å². The van der Waals surface area contributed by atoms with Crippen LogP contribution in [0.1, 0.15) is 49.6 Å². The van der Waals surface area contributed by atoms with Crippen molar-refractivity contribution in [1.82, 2.24) is 20.2 Å². The molecule has 104 valence electrons. The van der Waals surface area contributed by atoms with Crippen molar-refractivity contribution in [1.29, 1.82) is 0 Å². The normalized spacial score (nSPS) is 14.5. The highest BCUT2D eigenvalue weighted by atomic mass is 15.3. The molecule has 2 aromatic heterocycles. The van der Waals surface area contributed by atoms with E-state index >= 15 is 0 Å². The maximum absolute atomic E-state index is 5.57. The van der Waals surface area contributed by atoms with Crippen LogP contribution in [-0.2, 0) is 6.42 Å². The van der Waals surface area contributed by atoms with Crippen LogP contribution in [0.4, 0.5) is 5.95 Å². The molecule has 0 saturated heterocycles. The average Bonchev–Trinajstić information content (AvgIpc) is 2.99. The number of aromatic amines is 2. The van der Waals surface area contributed by atoms with E-state index in [2.05, 4.69) is 53.3 Å². The van der Waals surface area contributed by atoms with Crippen LogP contribution in [0.2, 0.25) is 0 Å². The minimum Gasteiger partial charge on any atom is -0.367 e. The van der Waals surface area contributed by atoms with E-state index in [9.17, 15) is 0 Å². The van der Waals surface area contributed by atoms with Gasteiger partial charge in [-0.2, -0.15) is 4.98 Å². The summed E-state index contributed by atoms with van der Waals surface area (Å²) in [6.07, 6.45) is 7.53. The molecule has 0 fully saturated rings. The maximum atomic E-state index is 5.57. The summed E-state index contributed by atoms with van der Waals surface area (Å²) in [6, 6.07) is 0. The average molecular weight is 261 g/mol. The molecule has 0 aliphatic rings. The number of nitrogens with one attached hydrogen (secondary N) is 2. The predicted octanol–water partition coefficient (Wildman–Crippen LogP) is 2.79. The molecule has 0 amide bonds. The van der Waals surface area contributed by atoms with Crippen LogP contribution in [-0.4, -0.2) is 20.2 Å². The third-order valence-electron chi connectivity index (χ3n) is 4.03. The van der Waals surface area contributed by atoms with Gasteiger partial charge in [0.05, 0.1) is 0 Å². The number of hydrogen-bond donors (Lipinski definition) is 3. The fraction of sp³-hybridized carbons (Fsp3) is 0.571. The molecule has 0 saturated carbocycles. The molecule has 4 N–H and O–H groups in total. The van der Waals surface area contributed by atoms with E-state index in [1.165, 1.54) is 11.1 Å². The first-order chi connectivity index (χ1) is 9.11. The molecule has 0 spiro atoms. The van der Waals surface area contributed by atoms with Gasteiger partial charge in [0, 0.05) is 18.3 Å². The number of aromatic nitrogens is 4. The predicted molar refractivity (Wildman–Crippen MR) is 76.8 cm³/mol. The van der Waals surface area contributed by atoms with Crippen molar-refractivity contribution in [2.24, 2.45) is 5.92 Å². The summed E-state index contributed by atoms with van der Waals surface area (Å²) in [5.41, 5.74) is 8.32. The summed E-state index contributed by atoms with van der Waals surface area (Å²) in [5, 5.41) is 6.85. The quantitative estimate of drug-likeness (QED) is 0.747. The third kappa shape index (κ3) is 3.16. The molecule has 0 aliphatic carbocycles. The maximum Gasteiger partial charge on any atom is 0.239 e.